The topological polar surface area (TPSA) is 93.2 Å². The predicted molar refractivity (Wildman–Crippen MR) is 174 cm³/mol. The van der Waals surface area contributed by atoms with E-state index in [0.717, 1.165) is 61.0 Å². The van der Waals surface area contributed by atoms with Crippen LogP contribution in [-0.2, 0) is 0 Å². The Morgan fingerprint density at radius 1 is 0.591 bits per heavy atom. The maximum Gasteiger partial charge on any atom is 0.170 e. The van der Waals surface area contributed by atoms with Crippen LogP contribution in [0.25, 0.3) is 10.8 Å². The van der Waals surface area contributed by atoms with Crippen molar-refractivity contribution >= 4 is 34.1 Å². The van der Waals surface area contributed by atoms with E-state index in [4.69, 9.17) is 30.0 Å². The van der Waals surface area contributed by atoms with Crippen LogP contribution in [0.4, 0.5) is 0 Å². The molecule has 44 heavy (non-hydrogen) atoms. The second-order valence-electron chi connectivity index (χ2n) is 11.9. The zero-order valence-corrected chi connectivity index (χ0v) is 24.8. The fourth-order valence-corrected chi connectivity index (χ4v) is 6.65. The third-order valence-electron chi connectivity index (χ3n) is 9.08. The van der Waals surface area contributed by atoms with E-state index in [-0.39, 0.29) is 6.17 Å². The average molecular weight is 573 g/mol. The average Bonchev–Trinajstić information content (AvgIpc) is 3.76. The minimum Gasteiger partial charge on any atom is -0.333 e. The minimum absolute atomic E-state index is 0.299. The first-order valence-electron chi connectivity index (χ1n) is 14.8. The number of aliphatic imine (C=N–C) groups is 4. The smallest absolute Gasteiger partial charge is 0.170 e. The van der Waals surface area contributed by atoms with Gasteiger partial charge in [-0.15, -0.1) is 0 Å². The molecule has 5 aromatic rings. The van der Waals surface area contributed by atoms with Crippen LogP contribution < -0.4 is 11.0 Å². The third kappa shape index (κ3) is 3.57. The van der Waals surface area contributed by atoms with Gasteiger partial charge in [0.1, 0.15) is 16.8 Å². The Morgan fingerprint density at radius 3 is 1.98 bits per heavy atom. The molecule has 9 rings (SSSR count). The monoisotopic (exact) mass is 572 g/mol. The lowest BCUT2D eigenvalue weighted by atomic mass is 9.99. The van der Waals surface area contributed by atoms with Gasteiger partial charge in [0.2, 0.25) is 0 Å². The highest BCUT2D eigenvalue weighted by molar-refractivity contribution is 6.22. The van der Waals surface area contributed by atoms with Gasteiger partial charge in [-0.1, -0.05) is 78.4 Å². The van der Waals surface area contributed by atoms with E-state index in [2.05, 4.69) is 92.3 Å². The van der Waals surface area contributed by atoms with Gasteiger partial charge in [0.25, 0.3) is 0 Å². The van der Waals surface area contributed by atoms with E-state index in [9.17, 15) is 0 Å². The second-order valence-corrected chi connectivity index (χ2v) is 11.9. The molecule has 4 aromatic carbocycles. The first-order chi connectivity index (χ1) is 21.4. The van der Waals surface area contributed by atoms with Crippen molar-refractivity contribution in [3.8, 4) is 0 Å². The molecule has 8 heteroatoms. The molecule has 1 N–H and O–H groups in total. The van der Waals surface area contributed by atoms with Crippen molar-refractivity contribution in [3.05, 3.63) is 140 Å². The molecule has 0 spiro atoms. The molecule has 4 aliphatic heterocycles. The minimum atomic E-state index is -0.458. The zero-order valence-electron chi connectivity index (χ0n) is 24.8. The maximum absolute atomic E-state index is 5.24. The van der Waals surface area contributed by atoms with Crippen LogP contribution in [0.15, 0.2) is 109 Å². The summed E-state index contributed by atoms with van der Waals surface area (Å²) in [6, 6.07) is 27.3. The van der Waals surface area contributed by atoms with Gasteiger partial charge in [-0.3, -0.25) is 0 Å². The highest BCUT2D eigenvalue weighted by atomic mass is 15.3. The van der Waals surface area contributed by atoms with Crippen molar-refractivity contribution in [3.63, 3.8) is 0 Å². The van der Waals surface area contributed by atoms with E-state index in [1.165, 1.54) is 11.1 Å². The van der Waals surface area contributed by atoms with E-state index >= 15 is 0 Å². The number of hydrogen-bond donors (Lipinski definition) is 1. The molecule has 212 valence electrons. The van der Waals surface area contributed by atoms with Crippen LogP contribution >= 0.6 is 0 Å². The summed E-state index contributed by atoms with van der Waals surface area (Å²) in [7, 11) is 2.06. The Bertz CT molecular complexity index is 2350. The van der Waals surface area contributed by atoms with Crippen LogP contribution in [0.3, 0.4) is 0 Å². The number of amidine groups is 4. The van der Waals surface area contributed by atoms with Crippen LogP contribution in [0, 0.1) is 20.8 Å². The van der Waals surface area contributed by atoms with Gasteiger partial charge in [-0.2, -0.15) is 0 Å². The lowest BCUT2D eigenvalue weighted by molar-refractivity contribution is 0.395. The molecule has 0 saturated carbocycles. The number of aryl methyl sites for hydroxylation is 3. The van der Waals surface area contributed by atoms with Crippen molar-refractivity contribution in [2.45, 2.75) is 33.1 Å². The summed E-state index contributed by atoms with van der Waals surface area (Å²) in [4.78, 5) is 36.6. The molecule has 8 nitrogen and oxygen atoms in total. The number of aromatic nitrogens is 1. The molecule has 2 unspecified atom stereocenters. The number of rotatable bonds is 0. The maximum atomic E-state index is 5.24. The van der Waals surface area contributed by atoms with Crippen LogP contribution in [0.1, 0.15) is 62.4 Å². The van der Waals surface area contributed by atoms with Crippen molar-refractivity contribution in [1.82, 2.24) is 9.88 Å². The van der Waals surface area contributed by atoms with E-state index in [1.807, 2.05) is 24.3 Å². The molecule has 0 saturated heterocycles. The first-order valence-corrected chi connectivity index (χ1v) is 14.8. The number of aromatic amines is 1. The molecule has 0 amide bonds. The molecular formula is C36H28N8. The number of fused-ring (bicyclic) bond motifs is 17. The van der Waals surface area contributed by atoms with Gasteiger partial charge in [0.15, 0.2) is 29.8 Å². The van der Waals surface area contributed by atoms with Gasteiger partial charge >= 0.3 is 0 Å². The second kappa shape index (κ2) is 9.00. The predicted octanol–water partition coefficient (Wildman–Crippen LogP) is 5.40. The summed E-state index contributed by atoms with van der Waals surface area (Å²) in [5, 5.41) is 1.96. The molecule has 0 fully saturated rings. The van der Waals surface area contributed by atoms with Crippen molar-refractivity contribution in [1.29, 1.82) is 0 Å². The molecule has 0 radical (unpaired) electrons. The highest BCUT2D eigenvalue weighted by Crippen LogP contribution is 2.38. The van der Waals surface area contributed by atoms with Gasteiger partial charge < -0.3 is 9.88 Å². The van der Waals surface area contributed by atoms with Crippen molar-refractivity contribution < 1.29 is 0 Å². The molecule has 0 aliphatic carbocycles. The Kier molecular flexibility index (Phi) is 5.12. The fourth-order valence-electron chi connectivity index (χ4n) is 6.65. The number of H-pyrrole nitrogens is 1. The fraction of sp³-hybridized carbons (Fsp3) is 0.167. The van der Waals surface area contributed by atoms with Crippen molar-refractivity contribution in [2.75, 3.05) is 7.05 Å². The summed E-state index contributed by atoms with van der Waals surface area (Å²) in [5.41, 5.74) is 11.2. The summed E-state index contributed by atoms with van der Waals surface area (Å²) in [6.45, 7) is 6.37. The summed E-state index contributed by atoms with van der Waals surface area (Å²) in [5.74, 6) is 2.82. The van der Waals surface area contributed by atoms with Crippen LogP contribution in [-0.4, -0.2) is 40.3 Å². The summed E-state index contributed by atoms with van der Waals surface area (Å²) in [6.07, 6.45) is -0.757. The van der Waals surface area contributed by atoms with E-state index in [0.29, 0.717) is 23.0 Å². The third-order valence-corrected chi connectivity index (χ3v) is 9.08. The SMILES string of the molecule is Cc1ccc2c(c1)C1N=C3N=C(c4ccccc43)N(C)C3N=C(N=c4[nH]c(c5ccccc45)=NC2=N1)c1cc(C)c(C)cc13. The lowest BCUT2D eigenvalue weighted by Gasteiger charge is -2.25. The number of nitrogens with one attached hydrogen (secondary N) is 1. The van der Waals surface area contributed by atoms with Gasteiger partial charge in [-0.05, 0) is 38.0 Å². The first kappa shape index (κ1) is 25.0. The summed E-state index contributed by atoms with van der Waals surface area (Å²) >= 11 is 0. The molecule has 4 aliphatic rings. The van der Waals surface area contributed by atoms with Crippen LogP contribution in [0.5, 0.6) is 0 Å². The van der Waals surface area contributed by atoms with Gasteiger partial charge in [0.05, 0.1) is 0 Å². The number of hydrogen-bond acceptors (Lipinski definition) is 7. The number of nitrogens with zero attached hydrogens (tertiary/aromatic N) is 7. The Hall–Kier alpha value is -5.50. The Balaban J connectivity index is 1.38. The Morgan fingerprint density at radius 2 is 1.23 bits per heavy atom. The largest absolute Gasteiger partial charge is 0.333 e. The van der Waals surface area contributed by atoms with E-state index < -0.39 is 6.17 Å². The number of benzene rings is 4. The molecule has 1 aromatic heterocycles. The molecular weight excluding hydrogens is 544 g/mol. The lowest BCUT2D eigenvalue weighted by Crippen LogP contribution is -2.29. The van der Waals surface area contributed by atoms with Gasteiger partial charge in [-0.25, -0.2) is 30.0 Å². The molecule has 2 atom stereocenters. The molecule has 5 heterocycles. The highest BCUT2D eigenvalue weighted by Gasteiger charge is 2.35. The normalized spacial score (nSPS) is 19.3. The Labute approximate surface area is 253 Å². The van der Waals surface area contributed by atoms with Gasteiger partial charge in [0, 0.05) is 51.2 Å². The quantitative estimate of drug-likeness (QED) is 0.264. The standard InChI is InChI=1S/C36H28N8/c1-18-13-14-24-26(15-18)33-39-31(24)38-29-21-9-5-6-10-22(21)30(37-29)40-34-27-16-19(2)20(3)17-28(27)36(43-34)44(4)35-25-12-8-7-11-23(25)32(41-33)42-35/h5-17,33,36H,1-4H3,(H,37,38,39,40,43). The van der Waals surface area contributed by atoms with Crippen LogP contribution in [0.2, 0.25) is 0 Å². The summed E-state index contributed by atoms with van der Waals surface area (Å²) < 4.78 is 0. The molecule has 8 bridgehead atoms. The zero-order chi connectivity index (χ0) is 29.7. The van der Waals surface area contributed by atoms with Crippen molar-refractivity contribution in [2.24, 2.45) is 30.0 Å². The van der Waals surface area contributed by atoms with E-state index in [1.54, 1.807) is 0 Å².